The summed E-state index contributed by atoms with van der Waals surface area (Å²) >= 11 is 0. The van der Waals surface area contributed by atoms with Gasteiger partial charge in [0.25, 0.3) is 5.91 Å². The van der Waals surface area contributed by atoms with Crippen molar-refractivity contribution in [1.29, 1.82) is 0 Å². The molecular formula is C21H21F3N6O2. The van der Waals surface area contributed by atoms with Crippen LogP contribution in [0.1, 0.15) is 37.0 Å². The minimum absolute atomic E-state index is 0.0136. The topological polar surface area (TPSA) is 107 Å². The molecule has 0 unspecified atom stereocenters. The standard InChI is InChI=1S/C21H21F3N6O2/c1-4-30(12(2)3)20-28-18(27-19(29-20)17(25)31)13-5-8-15(9-6-13)32-16-10-7-14(11-26-16)21(22,23)24/h5-12H,4H2,1-3H3,(H2,25,31). The largest absolute Gasteiger partial charge is 0.439 e. The zero-order valence-electron chi connectivity index (χ0n) is 17.6. The number of nitrogens with zero attached hydrogens (tertiary/aromatic N) is 5. The van der Waals surface area contributed by atoms with Gasteiger partial charge in [-0.1, -0.05) is 0 Å². The molecular weight excluding hydrogens is 425 g/mol. The molecule has 0 aliphatic rings. The van der Waals surface area contributed by atoms with E-state index in [0.717, 1.165) is 12.1 Å². The summed E-state index contributed by atoms with van der Waals surface area (Å²) in [5.74, 6) is 0.0154. The maximum Gasteiger partial charge on any atom is 0.417 e. The van der Waals surface area contributed by atoms with Crippen molar-refractivity contribution in [2.75, 3.05) is 11.4 Å². The molecule has 0 saturated heterocycles. The van der Waals surface area contributed by atoms with Crippen LogP contribution in [0.5, 0.6) is 11.6 Å². The molecule has 8 nitrogen and oxygen atoms in total. The highest BCUT2D eigenvalue weighted by atomic mass is 19.4. The van der Waals surface area contributed by atoms with Gasteiger partial charge >= 0.3 is 6.18 Å². The normalized spacial score (nSPS) is 11.5. The number of hydrogen-bond donors (Lipinski definition) is 1. The van der Waals surface area contributed by atoms with Gasteiger partial charge in [0.05, 0.1) is 5.56 Å². The maximum atomic E-state index is 12.6. The summed E-state index contributed by atoms with van der Waals surface area (Å²) < 4.78 is 43.4. The van der Waals surface area contributed by atoms with Crippen LogP contribution in [0.4, 0.5) is 19.1 Å². The molecule has 0 aliphatic carbocycles. The fraction of sp³-hybridized carbons (Fsp3) is 0.286. The Balaban J connectivity index is 1.86. The highest BCUT2D eigenvalue weighted by Crippen LogP contribution is 2.30. The summed E-state index contributed by atoms with van der Waals surface area (Å²) in [6, 6.07) is 8.58. The van der Waals surface area contributed by atoms with Crippen molar-refractivity contribution in [2.24, 2.45) is 5.73 Å². The first kappa shape index (κ1) is 22.9. The number of aromatic nitrogens is 4. The van der Waals surface area contributed by atoms with Crippen molar-refractivity contribution in [3.05, 3.63) is 54.0 Å². The SMILES string of the molecule is CCN(c1nc(C(N)=O)nc(-c2ccc(Oc3ccc(C(F)(F)F)cn3)cc2)n1)C(C)C. The van der Waals surface area contributed by atoms with Gasteiger partial charge in [0.1, 0.15) is 5.75 Å². The van der Waals surface area contributed by atoms with Gasteiger partial charge in [0.15, 0.2) is 5.82 Å². The minimum atomic E-state index is -4.47. The van der Waals surface area contributed by atoms with E-state index in [4.69, 9.17) is 10.5 Å². The van der Waals surface area contributed by atoms with Crippen LogP contribution in [0.2, 0.25) is 0 Å². The second kappa shape index (κ2) is 9.16. The Bertz CT molecular complexity index is 1090. The van der Waals surface area contributed by atoms with Crippen LogP contribution >= 0.6 is 0 Å². The first-order valence-corrected chi connectivity index (χ1v) is 9.72. The van der Waals surface area contributed by atoms with Gasteiger partial charge in [-0.05, 0) is 51.1 Å². The number of hydrogen-bond acceptors (Lipinski definition) is 7. The molecule has 3 rings (SSSR count). The fourth-order valence-corrected chi connectivity index (χ4v) is 2.87. The second-order valence-electron chi connectivity index (χ2n) is 7.04. The van der Waals surface area contributed by atoms with E-state index >= 15 is 0 Å². The summed E-state index contributed by atoms with van der Waals surface area (Å²) in [6.07, 6.45) is -3.77. The number of benzene rings is 1. The van der Waals surface area contributed by atoms with Crippen LogP contribution in [0, 0.1) is 0 Å². The molecule has 2 heterocycles. The third-order valence-corrected chi connectivity index (χ3v) is 4.46. The van der Waals surface area contributed by atoms with Gasteiger partial charge in [-0.2, -0.15) is 23.1 Å². The lowest BCUT2D eigenvalue weighted by Crippen LogP contribution is -2.33. The van der Waals surface area contributed by atoms with Crippen LogP contribution in [0.15, 0.2) is 42.6 Å². The van der Waals surface area contributed by atoms with E-state index in [0.29, 0.717) is 30.0 Å². The number of alkyl halides is 3. The molecule has 0 fully saturated rings. The molecule has 168 valence electrons. The van der Waals surface area contributed by atoms with Crippen molar-refractivity contribution in [3.63, 3.8) is 0 Å². The Hall–Kier alpha value is -3.76. The maximum absolute atomic E-state index is 12.6. The fourth-order valence-electron chi connectivity index (χ4n) is 2.87. The minimum Gasteiger partial charge on any atom is -0.439 e. The van der Waals surface area contributed by atoms with E-state index in [9.17, 15) is 18.0 Å². The van der Waals surface area contributed by atoms with Crippen LogP contribution < -0.4 is 15.4 Å². The Morgan fingerprint density at radius 3 is 2.28 bits per heavy atom. The third kappa shape index (κ3) is 5.29. The van der Waals surface area contributed by atoms with Gasteiger partial charge in [-0.25, -0.2) is 9.97 Å². The Morgan fingerprint density at radius 1 is 1.09 bits per heavy atom. The van der Waals surface area contributed by atoms with Gasteiger partial charge in [0.2, 0.25) is 17.7 Å². The monoisotopic (exact) mass is 446 g/mol. The van der Waals surface area contributed by atoms with Crippen LogP contribution in [0.25, 0.3) is 11.4 Å². The highest BCUT2D eigenvalue weighted by molar-refractivity contribution is 5.89. The third-order valence-electron chi connectivity index (χ3n) is 4.46. The molecule has 3 aromatic rings. The number of rotatable bonds is 7. The Morgan fingerprint density at radius 2 is 1.78 bits per heavy atom. The Kier molecular flexibility index (Phi) is 6.56. The van der Waals surface area contributed by atoms with Gasteiger partial charge in [-0.15, -0.1) is 0 Å². The predicted octanol–water partition coefficient (Wildman–Crippen LogP) is 4.08. The number of ether oxygens (including phenoxy) is 1. The number of halogens is 3. The number of anilines is 1. The van der Waals surface area contributed by atoms with E-state index < -0.39 is 17.6 Å². The van der Waals surface area contributed by atoms with E-state index in [2.05, 4.69) is 19.9 Å². The molecule has 0 bridgehead atoms. The smallest absolute Gasteiger partial charge is 0.417 e. The molecule has 2 aromatic heterocycles. The summed E-state index contributed by atoms with van der Waals surface area (Å²) in [6.45, 7) is 6.50. The summed E-state index contributed by atoms with van der Waals surface area (Å²) in [5, 5.41) is 0. The molecule has 0 spiro atoms. The zero-order valence-corrected chi connectivity index (χ0v) is 17.6. The summed E-state index contributed by atoms with van der Waals surface area (Å²) in [5.41, 5.74) is 5.10. The number of primary amides is 1. The molecule has 11 heteroatoms. The van der Waals surface area contributed by atoms with E-state index in [1.165, 1.54) is 0 Å². The van der Waals surface area contributed by atoms with Gasteiger partial charge < -0.3 is 15.4 Å². The van der Waals surface area contributed by atoms with Crippen LogP contribution in [0.3, 0.4) is 0 Å². The predicted molar refractivity (Wildman–Crippen MR) is 111 cm³/mol. The molecule has 1 aromatic carbocycles. The summed E-state index contributed by atoms with van der Waals surface area (Å²) in [7, 11) is 0. The van der Waals surface area contributed by atoms with E-state index in [-0.39, 0.29) is 23.6 Å². The molecule has 0 atom stereocenters. The summed E-state index contributed by atoms with van der Waals surface area (Å²) in [4.78, 5) is 30.1. The lowest BCUT2D eigenvalue weighted by Gasteiger charge is -2.25. The van der Waals surface area contributed by atoms with Crippen LogP contribution in [-0.2, 0) is 6.18 Å². The lowest BCUT2D eigenvalue weighted by molar-refractivity contribution is -0.137. The average molecular weight is 446 g/mol. The van der Waals surface area contributed by atoms with Gasteiger partial charge in [0, 0.05) is 30.4 Å². The van der Waals surface area contributed by atoms with Crippen molar-refractivity contribution in [3.8, 4) is 23.0 Å². The zero-order chi connectivity index (χ0) is 23.5. The molecule has 0 radical (unpaired) electrons. The molecule has 2 N–H and O–H groups in total. The van der Waals surface area contributed by atoms with Crippen molar-refractivity contribution in [2.45, 2.75) is 33.0 Å². The van der Waals surface area contributed by atoms with Crippen molar-refractivity contribution >= 4 is 11.9 Å². The number of carbonyl (C=O) groups is 1. The van der Waals surface area contributed by atoms with Crippen molar-refractivity contribution in [1.82, 2.24) is 19.9 Å². The average Bonchev–Trinajstić information content (AvgIpc) is 2.74. The second-order valence-corrected chi connectivity index (χ2v) is 7.04. The lowest BCUT2D eigenvalue weighted by atomic mass is 10.2. The molecule has 32 heavy (non-hydrogen) atoms. The number of carbonyl (C=O) groups excluding carboxylic acids is 1. The van der Waals surface area contributed by atoms with Crippen LogP contribution in [-0.4, -0.2) is 38.4 Å². The Labute approximate surface area is 182 Å². The van der Waals surface area contributed by atoms with Crippen molar-refractivity contribution < 1.29 is 22.7 Å². The van der Waals surface area contributed by atoms with Gasteiger partial charge in [-0.3, -0.25) is 4.79 Å². The number of nitrogens with two attached hydrogens (primary N) is 1. The highest BCUT2D eigenvalue weighted by Gasteiger charge is 2.30. The molecule has 1 amide bonds. The molecule has 0 aliphatic heterocycles. The number of pyridine rings is 1. The first-order valence-electron chi connectivity index (χ1n) is 9.72. The van der Waals surface area contributed by atoms with E-state index in [1.807, 2.05) is 25.7 Å². The molecule has 0 saturated carbocycles. The first-order chi connectivity index (χ1) is 15.1. The number of amides is 1. The quantitative estimate of drug-likeness (QED) is 0.583. The van der Waals surface area contributed by atoms with E-state index in [1.54, 1.807) is 24.3 Å².